The molecule has 0 aromatic rings. The Balaban J connectivity index is 1.92. The lowest BCUT2D eigenvalue weighted by molar-refractivity contribution is 0.0263. The number of aliphatic hydroxyl groups excluding tert-OH is 1. The molecule has 2 rings (SSSR count). The van der Waals surface area contributed by atoms with Crippen LogP contribution in [-0.2, 0) is 4.74 Å². The zero-order valence-corrected chi connectivity index (χ0v) is 10.3. The van der Waals surface area contributed by atoms with Gasteiger partial charge in [-0.15, -0.1) is 0 Å². The molecule has 0 bridgehead atoms. The highest BCUT2D eigenvalue weighted by Crippen LogP contribution is 2.38. The fourth-order valence-corrected chi connectivity index (χ4v) is 2.71. The van der Waals surface area contributed by atoms with Crippen molar-refractivity contribution in [2.75, 3.05) is 13.1 Å². The third-order valence-electron chi connectivity index (χ3n) is 3.47. The average molecular weight is 227 g/mol. The fraction of sp³-hybridized carbons (Fsp3) is 0.917. The Morgan fingerprint density at radius 3 is 2.56 bits per heavy atom. The lowest BCUT2D eigenvalue weighted by atomic mass is 10.00. The maximum atomic E-state index is 11.8. The summed E-state index contributed by atoms with van der Waals surface area (Å²) in [7, 11) is 0. The van der Waals surface area contributed by atoms with E-state index in [4.69, 9.17) is 4.74 Å². The molecule has 1 aliphatic carbocycles. The van der Waals surface area contributed by atoms with Crippen molar-refractivity contribution in [2.24, 2.45) is 11.8 Å². The van der Waals surface area contributed by atoms with E-state index in [2.05, 4.69) is 0 Å². The quantitative estimate of drug-likeness (QED) is 0.684. The molecule has 1 aliphatic heterocycles. The van der Waals surface area contributed by atoms with Crippen molar-refractivity contribution in [3.63, 3.8) is 0 Å². The molecule has 0 spiro atoms. The summed E-state index contributed by atoms with van der Waals surface area (Å²) in [6, 6.07) is 0. The van der Waals surface area contributed by atoms with E-state index in [0.29, 0.717) is 12.5 Å². The van der Waals surface area contributed by atoms with E-state index < -0.39 is 5.60 Å². The highest BCUT2D eigenvalue weighted by molar-refractivity contribution is 5.68. The maximum absolute atomic E-state index is 11.8. The molecule has 2 unspecified atom stereocenters. The highest BCUT2D eigenvalue weighted by Gasteiger charge is 2.44. The Labute approximate surface area is 96.6 Å². The highest BCUT2D eigenvalue weighted by atomic mass is 16.6. The van der Waals surface area contributed by atoms with Crippen molar-refractivity contribution in [2.45, 2.75) is 45.3 Å². The minimum absolute atomic E-state index is 0.225. The van der Waals surface area contributed by atoms with Crippen LogP contribution in [0.4, 0.5) is 4.79 Å². The monoisotopic (exact) mass is 227 g/mol. The fourth-order valence-electron chi connectivity index (χ4n) is 2.71. The van der Waals surface area contributed by atoms with Gasteiger partial charge in [-0.3, -0.25) is 0 Å². The number of likely N-dealkylation sites (tertiary alicyclic amines) is 1. The van der Waals surface area contributed by atoms with E-state index in [0.717, 1.165) is 19.4 Å². The molecular formula is C12H21NO3. The van der Waals surface area contributed by atoms with Crippen LogP contribution in [0.5, 0.6) is 0 Å². The number of ether oxygens (including phenoxy) is 1. The van der Waals surface area contributed by atoms with Crippen molar-refractivity contribution in [3.8, 4) is 0 Å². The second kappa shape index (κ2) is 3.91. The van der Waals surface area contributed by atoms with Crippen LogP contribution in [0.1, 0.15) is 33.6 Å². The van der Waals surface area contributed by atoms with Gasteiger partial charge in [-0.2, -0.15) is 0 Å². The topological polar surface area (TPSA) is 49.8 Å². The third kappa shape index (κ3) is 2.32. The molecule has 1 amide bonds. The van der Waals surface area contributed by atoms with E-state index in [1.54, 1.807) is 4.90 Å². The Hall–Kier alpha value is -0.770. The predicted octanol–water partition coefficient (Wildman–Crippen LogP) is 1.62. The molecule has 0 aromatic heterocycles. The van der Waals surface area contributed by atoms with Gasteiger partial charge in [0.05, 0.1) is 6.10 Å². The lowest BCUT2D eigenvalue weighted by Crippen LogP contribution is -2.36. The van der Waals surface area contributed by atoms with Crippen molar-refractivity contribution in [1.29, 1.82) is 0 Å². The summed E-state index contributed by atoms with van der Waals surface area (Å²) in [6.45, 7) is 7.02. The minimum atomic E-state index is -0.437. The molecule has 1 N–H and O–H groups in total. The standard InChI is InChI=1S/C12H21NO3/c1-12(2,3)16-11(15)13-6-8-4-5-10(14)9(8)7-13/h8-10,14H,4-7H2,1-3H3/t8?,9?,10-/m1/s1. The predicted molar refractivity (Wildman–Crippen MR) is 60.0 cm³/mol. The van der Waals surface area contributed by atoms with Gasteiger partial charge in [-0.1, -0.05) is 0 Å². The van der Waals surface area contributed by atoms with E-state index in [9.17, 15) is 9.90 Å². The first kappa shape index (κ1) is 11.7. The van der Waals surface area contributed by atoms with Crippen molar-refractivity contribution >= 4 is 6.09 Å². The number of aliphatic hydroxyl groups is 1. The number of hydrogen-bond donors (Lipinski definition) is 1. The number of rotatable bonds is 0. The van der Waals surface area contributed by atoms with Crippen molar-refractivity contribution in [1.82, 2.24) is 4.90 Å². The molecule has 1 saturated carbocycles. The summed E-state index contributed by atoms with van der Waals surface area (Å²) < 4.78 is 5.33. The molecule has 0 radical (unpaired) electrons. The van der Waals surface area contributed by atoms with Gasteiger partial charge in [0.25, 0.3) is 0 Å². The number of amides is 1. The number of carbonyl (C=O) groups excluding carboxylic acids is 1. The Morgan fingerprint density at radius 2 is 2.00 bits per heavy atom. The van der Waals surface area contributed by atoms with Gasteiger partial charge in [0, 0.05) is 19.0 Å². The maximum Gasteiger partial charge on any atom is 0.410 e. The first-order valence-corrected chi connectivity index (χ1v) is 6.03. The van der Waals surface area contributed by atoms with Gasteiger partial charge < -0.3 is 14.7 Å². The van der Waals surface area contributed by atoms with E-state index in [1.807, 2.05) is 20.8 Å². The molecule has 3 atom stereocenters. The van der Waals surface area contributed by atoms with E-state index in [1.165, 1.54) is 0 Å². The van der Waals surface area contributed by atoms with Crippen LogP contribution in [0.2, 0.25) is 0 Å². The Bertz CT molecular complexity index is 284. The molecule has 16 heavy (non-hydrogen) atoms. The van der Waals surface area contributed by atoms with Crippen LogP contribution in [0.25, 0.3) is 0 Å². The van der Waals surface area contributed by atoms with Crippen LogP contribution < -0.4 is 0 Å². The summed E-state index contributed by atoms with van der Waals surface area (Å²) in [6.07, 6.45) is 1.45. The summed E-state index contributed by atoms with van der Waals surface area (Å²) in [5.41, 5.74) is -0.437. The number of nitrogens with zero attached hydrogens (tertiary/aromatic N) is 1. The average Bonchev–Trinajstić information content (AvgIpc) is 2.65. The largest absolute Gasteiger partial charge is 0.444 e. The minimum Gasteiger partial charge on any atom is -0.444 e. The van der Waals surface area contributed by atoms with Crippen LogP contribution >= 0.6 is 0 Å². The van der Waals surface area contributed by atoms with Gasteiger partial charge >= 0.3 is 6.09 Å². The van der Waals surface area contributed by atoms with Crippen molar-refractivity contribution < 1.29 is 14.6 Å². The van der Waals surface area contributed by atoms with Gasteiger partial charge in [0.1, 0.15) is 5.60 Å². The van der Waals surface area contributed by atoms with Crippen molar-refractivity contribution in [3.05, 3.63) is 0 Å². The number of carbonyl (C=O) groups is 1. The molecule has 1 saturated heterocycles. The van der Waals surface area contributed by atoms with Crippen LogP contribution in [0.15, 0.2) is 0 Å². The molecule has 2 fully saturated rings. The SMILES string of the molecule is CC(C)(C)OC(=O)N1CC2CC[C@@H](O)C2C1. The molecule has 4 heteroatoms. The van der Waals surface area contributed by atoms with Gasteiger partial charge in [0.2, 0.25) is 0 Å². The molecule has 0 aromatic carbocycles. The Morgan fingerprint density at radius 1 is 1.31 bits per heavy atom. The first-order valence-electron chi connectivity index (χ1n) is 6.03. The molecule has 92 valence electrons. The van der Waals surface area contributed by atoms with E-state index in [-0.39, 0.29) is 18.1 Å². The van der Waals surface area contributed by atoms with Gasteiger partial charge in [0.15, 0.2) is 0 Å². The summed E-state index contributed by atoms with van der Waals surface area (Å²) in [5.74, 6) is 0.745. The lowest BCUT2D eigenvalue weighted by Gasteiger charge is -2.25. The first-order chi connectivity index (χ1) is 7.37. The van der Waals surface area contributed by atoms with Crippen LogP contribution in [0, 0.1) is 11.8 Å². The smallest absolute Gasteiger partial charge is 0.410 e. The molecule has 2 aliphatic rings. The van der Waals surface area contributed by atoms with E-state index >= 15 is 0 Å². The zero-order valence-electron chi connectivity index (χ0n) is 10.3. The second-order valence-electron chi connectivity index (χ2n) is 5.95. The second-order valence-corrected chi connectivity index (χ2v) is 5.95. The summed E-state index contributed by atoms with van der Waals surface area (Å²) in [4.78, 5) is 13.6. The number of hydrogen-bond acceptors (Lipinski definition) is 3. The molecular weight excluding hydrogens is 206 g/mol. The zero-order chi connectivity index (χ0) is 11.9. The number of fused-ring (bicyclic) bond motifs is 1. The molecule has 1 heterocycles. The third-order valence-corrected chi connectivity index (χ3v) is 3.47. The normalized spacial score (nSPS) is 34.0. The summed E-state index contributed by atoms with van der Waals surface area (Å²) in [5, 5.41) is 9.75. The van der Waals surface area contributed by atoms with Gasteiger partial charge in [-0.25, -0.2) is 4.79 Å². The van der Waals surface area contributed by atoms with Gasteiger partial charge in [-0.05, 0) is 39.5 Å². The van der Waals surface area contributed by atoms with Crippen LogP contribution in [0.3, 0.4) is 0 Å². The van der Waals surface area contributed by atoms with Crippen LogP contribution in [-0.4, -0.2) is 40.9 Å². The Kier molecular flexibility index (Phi) is 2.86. The molecule has 4 nitrogen and oxygen atoms in total. The summed E-state index contributed by atoms with van der Waals surface area (Å²) >= 11 is 0.